The van der Waals surface area contributed by atoms with Crippen LogP contribution in [0.15, 0.2) is 0 Å². The van der Waals surface area contributed by atoms with Crippen molar-refractivity contribution < 1.29 is 4.74 Å². The lowest BCUT2D eigenvalue weighted by Gasteiger charge is -2.08. The van der Waals surface area contributed by atoms with Gasteiger partial charge < -0.3 is 10.5 Å². The van der Waals surface area contributed by atoms with Gasteiger partial charge in [0, 0.05) is 5.92 Å². The Hall–Kier alpha value is -1.03. The fourth-order valence-electron chi connectivity index (χ4n) is 0.854. The van der Waals surface area contributed by atoms with E-state index in [0.29, 0.717) is 11.7 Å². The molecule has 5 heteroatoms. The molecule has 1 heterocycles. The van der Waals surface area contributed by atoms with Gasteiger partial charge in [-0.25, -0.2) is 4.98 Å². The number of halogens is 1. The van der Waals surface area contributed by atoms with Crippen LogP contribution in [0.4, 0.5) is 5.82 Å². The first-order valence-corrected chi connectivity index (χ1v) is 4.31. The zero-order valence-corrected chi connectivity index (χ0v) is 8.59. The summed E-state index contributed by atoms with van der Waals surface area (Å²) in [7, 11) is 1.50. The molecule has 1 aromatic rings. The summed E-state index contributed by atoms with van der Waals surface area (Å²) in [5, 5.41) is 0.270. The number of hydrogen-bond donors (Lipinski definition) is 1. The topological polar surface area (TPSA) is 61.0 Å². The van der Waals surface area contributed by atoms with Gasteiger partial charge in [-0.05, 0) is 0 Å². The first kappa shape index (κ1) is 10.1. The molecule has 0 spiro atoms. The Bertz CT molecular complexity index is 315. The monoisotopic (exact) mass is 201 g/mol. The van der Waals surface area contributed by atoms with E-state index in [1.807, 2.05) is 13.8 Å². The highest BCUT2D eigenvalue weighted by Gasteiger charge is 2.12. The van der Waals surface area contributed by atoms with E-state index in [9.17, 15) is 0 Å². The summed E-state index contributed by atoms with van der Waals surface area (Å²) in [6.45, 7) is 3.95. The van der Waals surface area contributed by atoms with Crippen LogP contribution in [0.5, 0.6) is 5.88 Å². The van der Waals surface area contributed by atoms with E-state index in [1.54, 1.807) is 0 Å². The Kier molecular flexibility index (Phi) is 2.93. The van der Waals surface area contributed by atoms with Gasteiger partial charge in [0.1, 0.15) is 16.7 Å². The molecule has 0 unspecified atom stereocenters. The summed E-state index contributed by atoms with van der Waals surface area (Å²) < 4.78 is 4.95. The Morgan fingerprint density at radius 2 is 2.00 bits per heavy atom. The van der Waals surface area contributed by atoms with Crippen LogP contribution in [0.1, 0.15) is 25.6 Å². The molecular formula is C8H12ClN3O. The summed E-state index contributed by atoms with van der Waals surface area (Å²) in [4.78, 5) is 8.14. The number of rotatable bonds is 2. The molecule has 0 aromatic carbocycles. The van der Waals surface area contributed by atoms with Gasteiger partial charge in [-0.3, -0.25) is 0 Å². The molecule has 0 atom stereocenters. The number of nitrogen functional groups attached to an aromatic ring is 1. The lowest BCUT2D eigenvalue weighted by molar-refractivity contribution is 0.394. The van der Waals surface area contributed by atoms with Crippen LogP contribution in [0, 0.1) is 0 Å². The summed E-state index contributed by atoms with van der Waals surface area (Å²) >= 11 is 5.80. The number of hydrogen-bond acceptors (Lipinski definition) is 4. The van der Waals surface area contributed by atoms with E-state index >= 15 is 0 Å². The van der Waals surface area contributed by atoms with Gasteiger partial charge in [0.15, 0.2) is 0 Å². The molecule has 0 fully saturated rings. The predicted molar refractivity (Wildman–Crippen MR) is 52.1 cm³/mol. The molecule has 0 saturated carbocycles. The zero-order chi connectivity index (χ0) is 10.0. The molecule has 13 heavy (non-hydrogen) atoms. The minimum absolute atomic E-state index is 0.202. The molecule has 1 rings (SSSR count). The van der Waals surface area contributed by atoms with Crippen molar-refractivity contribution >= 4 is 17.4 Å². The summed E-state index contributed by atoms with van der Waals surface area (Å²) in [6, 6.07) is 0. The third-order valence-corrected chi connectivity index (χ3v) is 1.93. The van der Waals surface area contributed by atoms with Crippen molar-refractivity contribution in [2.45, 2.75) is 19.8 Å². The van der Waals surface area contributed by atoms with Crippen LogP contribution in [-0.2, 0) is 0 Å². The van der Waals surface area contributed by atoms with Crippen LogP contribution in [0.3, 0.4) is 0 Å². The van der Waals surface area contributed by atoms with E-state index in [0.717, 1.165) is 0 Å². The van der Waals surface area contributed by atoms with E-state index in [4.69, 9.17) is 22.1 Å². The first-order chi connectivity index (χ1) is 6.06. The normalized spacial score (nSPS) is 10.5. The Morgan fingerprint density at radius 3 is 2.46 bits per heavy atom. The number of nitrogens with two attached hydrogens (primary N) is 1. The van der Waals surface area contributed by atoms with Gasteiger partial charge in [0.25, 0.3) is 0 Å². The van der Waals surface area contributed by atoms with Crippen LogP contribution in [0.2, 0.25) is 5.02 Å². The molecule has 0 amide bonds. The van der Waals surface area contributed by atoms with Crippen LogP contribution in [-0.4, -0.2) is 17.1 Å². The van der Waals surface area contributed by atoms with E-state index in [2.05, 4.69) is 9.97 Å². The zero-order valence-electron chi connectivity index (χ0n) is 7.84. The number of nitrogens with zero attached hydrogens (tertiary/aromatic N) is 2. The summed E-state index contributed by atoms with van der Waals surface area (Å²) in [5.41, 5.74) is 5.57. The average molecular weight is 202 g/mol. The molecule has 4 nitrogen and oxygen atoms in total. The molecule has 1 aromatic heterocycles. The fourth-order valence-corrected chi connectivity index (χ4v) is 1.02. The van der Waals surface area contributed by atoms with Crippen molar-refractivity contribution in [2.24, 2.45) is 0 Å². The summed E-state index contributed by atoms with van der Waals surface area (Å²) in [5.74, 6) is 1.43. The smallest absolute Gasteiger partial charge is 0.237 e. The van der Waals surface area contributed by atoms with Gasteiger partial charge in [0.05, 0.1) is 7.11 Å². The quantitative estimate of drug-likeness (QED) is 0.793. The van der Waals surface area contributed by atoms with Crippen molar-refractivity contribution in [1.29, 1.82) is 0 Å². The van der Waals surface area contributed by atoms with Crippen molar-refractivity contribution in [3.05, 3.63) is 10.8 Å². The maximum absolute atomic E-state index is 5.80. The summed E-state index contributed by atoms with van der Waals surface area (Å²) in [6.07, 6.45) is 0. The standard InChI is InChI=1S/C8H12ClN3O/c1-4(2)7-11-6(10)5(9)8(12-7)13-3/h4H,1-3H3,(H2,10,11,12). The molecule has 0 bridgehead atoms. The van der Waals surface area contributed by atoms with Crippen molar-refractivity contribution in [3.63, 3.8) is 0 Å². The third-order valence-electron chi connectivity index (χ3n) is 1.57. The molecule has 2 N–H and O–H groups in total. The number of ether oxygens (including phenoxy) is 1. The molecule has 0 saturated heterocycles. The second-order valence-corrected chi connectivity index (χ2v) is 3.32. The number of methoxy groups -OCH3 is 1. The second kappa shape index (κ2) is 3.79. The minimum Gasteiger partial charge on any atom is -0.480 e. The average Bonchev–Trinajstić information content (AvgIpc) is 2.09. The maximum Gasteiger partial charge on any atom is 0.237 e. The first-order valence-electron chi connectivity index (χ1n) is 3.93. The minimum atomic E-state index is 0.202. The Labute approximate surface area is 82.1 Å². The number of aromatic nitrogens is 2. The lowest BCUT2D eigenvalue weighted by Crippen LogP contribution is -2.04. The SMILES string of the molecule is COc1nc(C(C)C)nc(N)c1Cl. The largest absolute Gasteiger partial charge is 0.480 e. The molecule has 0 aliphatic carbocycles. The fraction of sp³-hybridized carbons (Fsp3) is 0.500. The van der Waals surface area contributed by atoms with Gasteiger partial charge in [0.2, 0.25) is 5.88 Å². The predicted octanol–water partition coefficient (Wildman–Crippen LogP) is 1.84. The highest BCUT2D eigenvalue weighted by molar-refractivity contribution is 6.34. The van der Waals surface area contributed by atoms with E-state index < -0.39 is 0 Å². The van der Waals surface area contributed by atoms with Crippen molar-refractivity contribution in [3.8, 4) is 5.88 Å². The maximum atomic E-state index is 5.80. The molecule has 0 aliphatic heterocycles. The van der Waals surface area contributed by atoms with Crippen LogP contribution in [0.25, 0.3) is 0 Å². The molecule has 0 radical (unpaired) electrons. The molecule has 0 aliphatic rings. The van der Waals surface area contributed by atoms with Crippen LogP contribution < -0.4 is 10.5 Å². The van der Waals surface area contributed by atoms with Crippen LogP contribution >= 0.6 is 11.6 Å². The highest BCUT2D eigenvalue weighted by Crippen LogP contribution is 2.28. The van der Waals surface area contributed by atoms with E-state index in [1.165, 1.54) is 7.11 Å². The van der Waals surface area contributed by atoms with E-state index in [-0.39, 0.29) is 16.8 Å². The Balaban J connectivity index is 3.22. The second-order valence-electron chi connectivity index (χ2n) is 2.95. The number of anilines is 1. The Morgan fingerprint density at radius 1 is 1.38 bits per heavy atom. The van der Waals surface area contributed by atoms with Gasteiger partial charge in [-0.15, -0.1) is 0 Å². The lowest BCUT2D eigenvalue weighted by atomic mass is 10.2. The third kappa shape index (κ3) is 2.01. The van der Waals surface area contributed by atoms with Crippen molar-refractivity contribution in [2.75, 3.05) is 12.8 Å². The highest BCUT2D eigenvalue weighted by atomic mass is 35.5. The van der Waals surface area contributed by atoms with Gasteiger partial charge >= 0.3 is 0 Å². The van der Waals surface area contributed by atoms with Crippen molar-refractivity contribution in [1.82, 2.24) is 9.97 Å². The van der Waals surface area contributed by atoms with Gasteiger partial charge in [-0.2, -0.15) is 4.98 Å². The molecular weight excluding hydrogens is 190 g/mol. The molecule has 72 valence electrons. The van der Waals surface area contributed by atoms with Gasteiger partial charge in [-0.1, -0.05) is 25.4 Å².